The minimum atomic E-state index is 0.396. The Kier molecular flexibility index (Phi) is 7.31. The Labute approximate surface area is 282 Å². The lowest BCUT2D eigenvalue weighted by Gasteiger charge is -2.22. The van der Waals surface area contributed by atoms with Gasteiger partial charge in [0.15, 0.2) is 0 Å². The Morgan fingerprint density at radius 2 is 1.54 bits per heavy atom. The SMILES string of the molecule is C1=CCNC(c2cc(C3=CC=C(C4C=C(c5ccc6c7c(cccc57)-c5ccccc5-6)CC=CC4)CC3)cc(Cc3ccccn3)n2)=C1. The van der Waals surface area contributed by atoms with Gasteiger partial charge in [0.2, 0.25) is 0 Å². The van der Waals surface area contributed by atoms with Gasteiger partial charge in [-0.2, -0.15) is 0 Å². The van der Waals surface area contributed by atoms with E-state index < -0.39 is 0 Å². The summed E-state index contributed by atoms with van der Waals surface area (Å²) in [4.78, 5) is 9.65. The maximum absolute atomic E-state index is 5.07. The molecule has 3 heteroatoms. The minimum Gasteiger partial charge on any atom is -0.380 e. The number of dihydropyridines is 1. The first kappa shape index (κ1) is 28.7. The highest BCUT2D eigenvalue weighted by atomic mass is 14.9. The fourth-order valence-corrected chi connectivity index (χ4v) is 7.91. The van der Waals surface area contributed by atoms with Crippen LogP contribution in [-0.2, 0) is 6.42 Å². The summed E-state index contributed by atoms with van der Waals surface area (Å²) in [6.07, 6.45) is 25.1. The second-order valence-corrected chi connectivity index (χ2v) is 13.2. The fraction of sp³-hybridized carbons (Fsp3) is 0.156. The second-order valence-electron chi connectivity index (χ2n) is 13.2. The first-order valence-corrected chi connectivity index (χ1v) is 17.2. The molecule has 48 heavy (non-hydrogen) atoms. The Morgan fingerprint density at radius 3 is 2.35 bits per heavy atom. The smallest absolute Gasteiger partial charge is 0.0870 e. The zero-order chi connectivity index (χ0) is 31.9. The van der Waals surface area contributed by atoms with E-state index in [0.29, 0.717) is 12.3 Å². The van der Waals surface area contributed by atoms with Crippen LogP contribution in [0.4, 0.5) is 0 Å². The number of hydrogen-bond acceptors (Lipinski definition) is 3. The quantitative estimate of drug-likeness (QED) is 0.189. The van der Waals surface area contributed by atoms with Crippen molar-refractivity contribution in [2.24, 2.45) is 5.92 Å². The highest BCUT2D eigenvalue weighted by Gasteiger charge is 2.24. The van der Waals surface area contributed by atoms with Crippen molar-refractivity contribution in [2.75, 3.05) is 6.54 Å². The van der Waals surface area contributed by atoms with E-state index in [0.717, 1.165) is 55.0 Å². The maximum atomic E-state index is 5.07. The molecule has 0 radical (unpaired) electrons. The Bertz CT molecular complexity index is 2230. The topological polar surface area (TPSA) is 37.8 Å². The molecule has 0 fully saturated rings. The Hall–Kier alpha value is -5.54. The first-order valence-electron chi connectivity index (χ1n) is 17.2. The van der Waals surface area contributed by atoms with Gasteiger partial charge in [-0.3, -0.25) is 9.97 Å². The maximum Gasteiger partial charge on any atom is 0.0870 e. The number of allylic oxidation sites excluding steroid dienone is 10. The fourth-order valence-electron chi connectivity index (χ4n) is 7.91. The van der Waals surface area contributed by atoms with Crippen LogP contribution in [0.1, 0.15) is 53.9 Å². The van der Waals surface area contributed by atoms with Gasteiger partial charge in [0.05, 0.1) is 11.4 Å². The molecular formula is C45H37N3. The summed E-state index contributed by atoms with van der Waals surface area (Å²) in [5.41, 5.74) is 16.5. The molecule has 1 N–H and O–H groups in total. The molecule has 4 aliphatic rings. The lowest BCUT2D eigenvalue weighted by atomic mass is 9.83. The van der Waals surface area contributed by atoms with Crippen LogP contribution in [0.15, 0.2) is 145 Å². The summed E-state index contributed by atoms with van der Waals surface area (Å²) in [5, 5.41) is 6.28. The lowest BCUT2D eigenvalue weighted by Crippen LogP contribution is -2.16. The van der Waals surface area contributed by atoms with Crippen molar-refractivity contribution in [1.82, 2.24) is 15.3 Å². The summed E-state index contributed by atoms with van der Waals surface area (Å²) in [7, 11) is 0. The first-order chi connectivity index (χ1) is 23.8. The molecule has 0 spiro atoms. The van der Waals surface area contributed by atoms with Crippen LogP contribution in [-0.4, -0.2) is 16.5 Å². The van der Waals surface area contributed by atoms with Crippen molar-refractivity contribution in [3.63, 3.8) is 0 Å². The van der Waals surface area contributed by atoms with E-state index in [4.69, 9.17) is 4.98 Å². The van der Waals surface area contributed by atoms with Gasteiger partial charge < -0.3 is 5.32 Å². The van der Waals surface area contributed by atoms with Crippen molar-refractivity contribution in [3.8, 4) is 22.3 Å². The lowest BCUT2D eigenvalue weighted by molar-refractivity contribution is 0.724. The van der Waals surface area contributed by atoms with Crippen LogP contribution in [0.2, 0.25) is 0 Å². The van der Waals surface area contributed by atoms with E-state index in [1.807, 2.05) is 18.3 Å². The molecule has 3 heterocycles. The van der Waals surface area contributed by atoms with Crippen LogP contribution < -0.4 is 5.32 Å². The summed E-state index contributed by atoms with van der Waals surface area (Å²) in [6, 6.07) is 31.0. The Morgan fingerprint density at radius 1 is 0.688 bits per heavy atom. The Balaban J connectivity index is 1.05. The molecule has 3 aliphatic carbocycles. The number of nitrogens with one attached hydrogen (secondary N) is 1. The average Bonchev–Trinajstić information content (AvgIpc) is 3.29. The number of nitrogens with zero attached hydrogens (tertiary/aromatic N) is 2. The third kappa shape index (κ3) is 5.26. The molecule has 0 bridgehead atoms. The van der Waals surface area contributed by atoms with E-state index in [9.17, 15) is 0 Å². The van der Waals surface area contributed by atoms with Gasteiger partial charge in [-0.1, -0.05) is 109 Å². The van der Waals surface area contributed by atoms with Crippen LogP contribution in [0.3, 0.4) is 0 Å². The molecule has 0 saturated heterocycles. The molecule has 5 aromatic rings. The predicted molar refractivity (Wildman–Crippen MR) is 200 cm³/mol. The van der Waals surface area contributed by atoms with Gasteiger partial charge in [-0.05, 0) is 111 Å². The zero-order valence-electron chi connectivity index (χ0n) is 27.0. The summed E-state index contributed by atoms with van der Waals surface area (Å²) in [6.45, 7) is 0.822. The molecule has 232 valence electrons. The van der Waals surface area contributed by atoms with Crippen LogP contribution in [0.25, 0.3) is 49.9 Å². The molecule has 3 aromatic carbocycles. The van der Waals surface area contributed by atoms with Gasteiger partial charge in [0.25, 0.3) is 0 Å². The summed E-state index contributed by atoms with van der Waals surface area (Å²) < 4.78 is 0. The van der Waals surface area contributed by atoms with Gasteiger partial charge in [-0.15, -0.1) is 0 Å². The van der Waals surface area contributed by atoms with E-state index in [-0.39, 0.29) is 0 Å². The molecule has 1 atom stereocenters. The van der Waals surface area contributed by atoms with E-state index in [1.165, 1.54) is 60.9 Å². The molecular weight excluding hydrogens is 583 g/mol. The number of pyridine rings is 2. The zero-order valence-corrected chi connectivity index (χ0v) is 27.0. The number of fused-ring (bicyclic) bond motifs is 3. The molecule has 1 unspecified atom stereocenters. The number of hydrogen-bond donors (Lipinski definition) is 1. The highest BCUT2D eigenvalue weighted by Crippen LogP contribution is 2.49. The van der Waals surface area contributed by atoms with E-state index >= 15 is 0 Å². The van der Waals surface area contributed by atoms with Crippen molar-refractivity contribution in [1.29, 1.82) is 0 Å². The standard InChI is InChI=1S/C45H37N3/c1-2-11-33(37-22-23-42-39-14-4-3-13-38(39)41-16-9-15-40(37)45(41)42)26-32(10-1)30-18-20-31(21-19-30)34-27-36(29-35-12-5-7-24-46-35)48-44(28-34)43-17-6-8-25-47-43/h1-9,12-18,20,22-24,26-28,32,47H,10-11,19,21,25,29H2. The van der Waals surface area contributed by atoms with Crippen molar-refractivity contribution in [3.05, 3.63) is 174 Å². The normalized spacial score (nSPS) is 18.0. The molecule has 1 aliphatic heterocycles. The van der Waals surface area contributed by atoms with Gasteiger partial charge in [-0.25, -0.2) is 0 Å². The van der Waals surface area contributed by atoms with E-state index in [2.05, 4.69) is 132 Å². The largest absolute Gasteiger partial charge is 0.380 e. The highest BCUT2D eigenvalue weighted by molar-refractivity contribution is 6.17. The second kappa shape index (κ2) is 12.2. The van der Waals surface area contributed by atoms with Crippen LogP contribution in [0, 0.1) is 5.92 Å². The molecule has 9 rings (SSSR count). The van der Waals surface area contributed by atoms with Crippen molar-refractivity contribution in [2.45, 2.75) is 32.1 Å². The van der Waals surface area contributed by atoms with Crippen LogP contribution >= 0.6 is 0 Å². The van der Waals surface area contributed by atoms with Crippen LogP contribution in [0.5, 0.6) is 0 Å². The number of rotatable bonds is 6. The number of benzene rings is 3. The van der Waals surface area contributed by atoms with Gasteiger partial charge >= 0.3 is 0 Å². The van der Waals surface area contributed by atoms with Gasteiger partial charge in [0, 0.05) is 36.5 Å². The monoisotopic (exact) mass is 619 g/mol. The summed E-state index contributed by atoms with van der Waals surface area (Å²) >= 11 is 0. The molecule has 0 saturated carbocycles. The molecule has 0 amide bonds. The molecule has 3 nitrogen and oxygen atoms in total. The summed E-state index contributed by atoms with van der Waals surface area (Å²) in [5.74, 6) is 0.396. The van der Waals surface area contributed by atoms with E-state index in [1.54, 1.807) is 0 Å². The molecule has 2 aromatic heterocycles. The third-order valence-corrected chi connectivity index (χ3v) is 10.3. The average molecular weight is 620 g/mol. The van der Waals surface area contributed by atoms with Crippen molar-refractivity contribution >= 4 is 27.6 Å². The predicted octanol–water partition coefficient (Wildman–Crippen LogP) is 10.5. The minimum absolute atomic E-state index is 0.396. The van der Waals surface area contributed by atoms with Crippen molar-refractivity contribution < 1.29 is 0 Å². The van der Waals surface area contributed by atoms with Gasteiger partial charge in [0.1, 0.15) is 0 Å². The number of aromatic nitrogens is 2. The third-order valence-electron chi connectivity index (χ3n) is 10.3.